The number of halogens is 3. The third-order valence-electron chi connectivity index (χ3n) is 4.08. The zero-order valence-corrected chi connectivity index (χ0v) is 14.4. The molecule has 3 nitrogen and oxygen atoms in total. The molecule has 1 aliphatic carbocycles. The first-order valence-corrected chi connectivity index (χ1v) is 9.15. The zero-order chi connectivity index (χ0) is 18.7. The van der Waals surface area contributed by atoms with Crippen molar-refractivity contribution < 1.29 is 22.8 Å². The lowest BCUT2D eigenvalue weighted by atomic mass is 9.89. The Hall–Kier alpha value is -2.33. The van der Waals surface area contributed by atoms with E-state index in [-0.39, 0.29) is 11.6 Å². The number of rotatable bonds is 1. The van der Waals surface area contributed by atoms with E-state index >= 15 is 0 Å². The molecule has 1 aromatic rings. The smallest absolute Gasteiger partial charge is 0.289 e. The largest absolute Gasteiger partial charge is 0.420 e. The molecule has 1 aromatic carbocycles. The normalized spacial score (nSPS) is 18.7. The molecule has 1 heterocycles. The van der Waals surface area contributed by atoms with Crippen LogP contribution >= 0.6 is 11.8 Å². The Morgan fingerprint density at radius 1 is 1.12 bits per heavy atom. The van der Waals surface area contributed by atoms with Gasteiger partial charge in [0.25, 0.3) is 6.04 Å². The summed E-state index contributed by atoms with van der Waals surface area (Å²) >= 11 is 1.89. The molecule has 26 heavy (non-hydrogen) atoms. The molecule has 0 amide bonds. The Morgan fingerprint density at radius 3 is 2.38 bits per heavy atom. The second-order valence-electron chi connectivity index (χ2n) is 5.89. The summed E-state index contributed by atoms with van der Waals surface area (Å²) in [6.07, 6.45) is -0.374. The van der Waals surface area contributed by atoms with Crippen LogP contribution in [0.1, 0.15) is 24.0 Å². The molecule has 1 saturated heterocycles. The number of Topliss-reactive ketones (excluding diaryl/α,β-unsaturated/α-hetero) is 1. The molecular formula is C19H14F3NO2S+. The third kappa shape index (κ3) is 4.07. The SMILES string of the molecule is O=C1[C]=CC(=O)C(c2ccc(C#[N+]C3CCSCC3)cc2)=C1C(F)(F)F. The minimum atomic E-state index is -4.92. The average Bonchev–Trinajstić information content (AvgIpc) is 2.62. The lowest BCUT2D eigenvalue weighted by Gasteiger charge is -2.17. The maximum Gasteiger partial charge on any atom is 0.420 e. The van der Waals surface area contributed by atoms with Crippen LogP contribution in [0.5, 0.6) is 0 Å². The van der Waals surface area contributed by atoms with Crippen molar-refractivity contribution in [3.05, 3.63) is 58.0 Å². The predicted molar refractivity (Wildman–Crippen MR) is 93.9 cm³/mol. The van der Waals surface area contributed by atoms with Gasteiger partial charge in [-0.25, -0.2) is 0 Å². The van der Waals surface area contributed by atoms with Gasteiger partial charge in [-0.1, -0.05) is 17.0 Å². The maximum atomic E-state index is 13.2. The summed E-state index contributed by atoms with van der Waals surface area (Å²) < 4.78 is 39.6. The van der Waals surface area contributed by atoms with E-state index in [4.69, 9.17) is 0 Å². The third-order valence-corrected chi connectivity index (χ3v) is 5.13. The molecular weight excluding hydrogens is 363 g/mol. The van der Waals surface area contributed by atoms with Crippen molar-refractivity contribution in [2.45, 2.75) is 25.1 Å². The number of benzene rings is 1. The summed E-state index contributed by atoms with van der Waals surface area (Å²) in [6, 6.07) is 8.96. The Bertz CT molecular complexity index is 852. The summed E-state index contributed by atoms with van der Waals surface area (Å²) in [6.45, 7) is 0. The van der Waals surface area contributed by atoms with Crippen LogP contribution in [-0.4, -0.2) is 35.3 Å². The fourth-order valence-corrected chi connectivity index (χ4v) is 3.84. The van der Waals surface area contributed by atoms with Crippen LogP contribution in [0.2, 0.25) is 0 Å². The van der Waals surface area contributed by atoms with E-state index in [1.165, 1.54) is 24.3 Å². The Morgan fingerprint density at radius 2 is 1.77 bits per heavy atom. The van der Waals surface area contributed by atoms with Gasteiger partial charge in [0.15, 0.2) is 11.6 Å². The molecule has 3 rings (SSSR count). The first-order valence-electron chi connectivity index (χ1n) is 8.00. The van der Waals surface area contributed by atoms with E-state index in [0.717, 1.165) is 30.4 Å². The van der Waals surface area contributed by atoms with Gasteiger partial charge in [0.2, 0.25) is 0 Å². The summed E-state index contributed by atoms with van der Waals surface area (Å²) in [4.78, 5) is 27.9. The van der Waals surface area contributed by atoms with Crippen LogP contribution in [0.25, 0.3) is 10.4 Å². The summed E-state index contributed by atoms with van der Waals surface area (Å²) in [5.41, 5.74) is -1.48. The van der Waals surface area contributed by atoms with E-state index in [0.29, 0.717) is 5.56 Å². The molecule has 1 radical (unpaired) electrons. The highest BCUT2D eigenvalue weighted by Gasteiger charge is 2.43. The monoisotopic (exact) mass is 377 g/mol. The molecule has 0 saturated carbocycles. The highest BCUT2D eigenvalue weighted by Crippen LogP contribution is 2.36. The molecule has 2 aliphatic rings. The Labute approximate surface area is 152 Å². The highest BCUT2D eigenvalue weighted by atomic mass is 32.2. The number of carbonyl (C=O) groups is 2. The first kappa shape index (κ1) is 18.5. The van der Waals surface area contributed by atoms with E-state index in [2.05, 4.69) is 10.9 Å². The average molecular weight is 377 g/mol. The van der Waals surface area contributed by atoms with E-state index in [9.17, 15) is 22.8 Å². The van der Waals surface area contributed by atoms with Crippen LogP contribution in [-0.2, 0) is 9.59 Å². The molecule has 0 aromatic heterocycles. The number of ketones is 2. The van der Waals surface area contributed by atoms with Gasteiger partial charge in [-0.2, -0.15) is 24.9 Å². The Balaban J connectivity index is 1.90. The van der Waals surface area contributed by atoms with Crippen LogP contribution in [0, 0.1) is 12.1 Å². The lowest BCUT2D eigenvalue weighted by Crippen LogP contribution is -2.26. The van der Waals surface area contributed by atoms with Crippen LogP contribution in [0.15, 0.2) is 35.9 Å². The van der Waals surface area contributed by atoms with Gasteiger partial charge >= 0.3 is 12.2 Å². The number of nitrogens with zero attached hydrogens (tertiary/aromatic N) is 1. The van der Waals surface area contributed by atoms with Gasteiger partial charge in [-0.3, -0.25) is 9.59 Å². The van der Waals surface area contributed by atoms with Crippen molar-refractivity contribution >= 4 is 28.9 Å². The fraction of sp³-hybridized carbons (Fsp3) is 0.316. The Kier molecular flexibility index (Phi) is 5.33. The molecule has 7 heteroatoms. The summed E-state index contributed by atoms with van der Waals surface area (Å²) in [5, 5.41) is 0. The molecule has 1 aliphatic heterocycles. The van der Waals surface area contributed by atoms with Crippen molar-refractivity contribution in [3.8, 4) is 6.07 Å². The van der Waals surface area contributed by atoms with E-state index in [1.807, 2.05) is 17.8 Å². The van der Waals surface area contributed by atoms with Gasteiger partial charge < -0.3 is 0 Å². The fourth-order valence-electron chi connectivity index (χ4n) is 2.76. The second-order valence-corrected chi connectivity index (χ2v) is 7.12. The van der Waals surface area contributed by atoms with Crippen molar-refractivity contribution in [1.82, 2.24) is 0 Å². The van der Waals surface area contributed by atoms with Crippen LogP contribution in [0.3, 0.4) is 0 Å². The highest BCUT2D eigenvalue weighted by molar-refractivity contribution is 7.99. The quantitative estimate of drug-likeness (QED) is 0.692. The standard InChI is InChI=1S/C19H14F3NO2S/c20-19(21,22)18-16(25)6-5-15(24)17(18)13-3-1-12(2-4-13)11-23-14-7-9-26-10-8-14/h1-5,14H,7-10H2/q+1. The molecule has 1 fully saturated rings. The topological polar surface area (TPSA) is 38.5 Å². The van der Waals surface area contributed by atoms with E-state index < -0.39 is 28.9 Å². The van der Waals surface area contributed by atoms with Crippen molar-refractivity contribution in [2.75, 3.05) is 11.5 Å². The molecule has 0 spiro atoms. The number of hydrogen-bond donors (Lipinski definition) is 0. The van der Waals surface area contributed by atoms with Crippen molar-refractivity contribution in [1.29, 1.82) is 0 Å². The molecule has 0 unspecified atom stereocenters. The van der Waals surface area contributed by atoms with Crippen molar-refractivity contribution in [2.24, 2.45) is 0 Å². The number of allylic oxidation sites excluding steroid dienone is 4. The summed E-state index contributed by atoms with van der Waals surface area (Å²) in [5.74, 6) is -0.102. The molecule has 0 bridgehead atoms. The zero-order valence-electron chi connectivity index (χ0n) is 13.6. The first-order chi connectivity index (χ1) is 12.4. The van der Waals surface area contributed by atoms with Gasteiger partial charge in [0, 0.05) is 36.0 Å². The van der Waals surface area contributed by atoms with Gasteiger partial charge in [0.05, 0.1) is 0 Å². The van der Waals surface area contributed by atoms with Crippen LogP contribution < -0.4 is 0 Å². The number of hydrogen-bond acceptors (Lipinski definition) is 3. The number of alkyl halides is 3. The predicted octanol–water partition coefficient (Wildman–Crippen LogP) is 4.09. The summed E-state index contributed by atoms with van der Waals surface area (Å²) in [7, 11) is 0. The van der Waals surface area contributed by atoms with Gasteiger partial charge in [0.1, 0.15) is 11.1 Å². The number of carbonyl (C=O) groups excluding carboxylic acids is 2. The van der Waals surface area contributed by atoms with Gasteiger partial charge in [-0.15, -0.1) is 0 Å². The van der Waals surface area contributed by atoms with Gasteiger partial charge in [-0.05, 0) is 23.8 Å². The van der Waals surface area contributed by atoms with E-state index in [1.54, 1.807) is 0 Å². The minimum absolute atomic E-state index is 0.0352. The lowest BCUT2D eigenvalue weighted by molar-refractivity contribution is -0.127. The van der Waals surface area contributed by atoms with Crippen LogP contribution in [0.4, 0.5) is 13.2 Å². The minimum Gasteiger partial charge on any atom is -0.289 e. The van der Waals surface area contributed by atoms with Crippen molar-refractivity contribution in [3.63, 3.8) is 0 Å². The molecule has 0 N–H and O–H groups in total. The molecule has 0 atom stereocenters. The maximum absolute atomic E-state index is 13.2. The molecule has 133 valence electrons. The second kappa shape index (κ2) is 7.50. The number of thioether (sulfide) groups is 1.